The third kappa shape index (κ3) is 1.29. The van der Waals surface area contributed by atoms with E-state index in [-0.39, 0.29) is 0 Å². The first kappa shape index (κ1) is 6.70. The molecule has 0 heterocycles. The fraction of sp³-hybridized carbons (Fsp3) is 0. The molecule has 0 aliphatic rings. The van der Waals surface area contributed by atoms with Gasteiger partial charge in [0.05, 0.1) is 5.69 Å². The van der Waals surface area contributed by atoms with E-state index in [0.29, 0.717) is 11.4 Å². The van der Waals surface area contributed by atoms with Crippen LogP contribution in [0.25, 0.3) is 0 Å². The number of hydrogen-bond donors (Lipinski definition) is 4. The van der Waals surface area contributed by atoms with Gasteiger partial charge < -0.3 is 16.9 Å². The van der Waals surface area contributed by atoms with E-state index in [0.717, 1.165) is 5.69 Å². The lowest BCUT2D eigenvalue weighted by atomic mass is 10.2. The molecule has 0 saturated carbocycles. The average molecular weight is 138 g/mol. The van der Waals surface area contributed by atoms with Gasteiger partial charge in [-0.25, -0.2) is 0 Å². The standard InChI is InChI=1S/C6H10N4/c7-4-1-5(8)3-6(2-4)10-9/h1-3,10H,7-9H2. The van der Waals surface area contributed by atoms with Gasteiger partial charge in [-0.1, -0.05) is 0 Å². The van der Waals surface area contributed by atoms with Crippen LogP contribution in [0.2, 0.25) is 0 Å². The zero-order valence-corrected chi connectivity index (χ0v) is 5.46. The van der Waals surface area contributed by atoms with Crippen molar-refractivity contribution >= 4 is 17.1 Å². The van der Waals surface area contributed by atoms with Crippen LogP contribution in [0.5, 0.6) is 0 Å². The van der Waals surface area contributed by atoms with E-state index in [2.05, 4.69) is 5.43 Å². The van der Waals surface area contributed by atoms with Gasteiger partial charge in [0.2, 0.25) is 0 Å². The third-order valence-corrected chi connectivity index (χ3v) is 1.14. The van der Waals surface area contributed by atoms with Gasteiger partial charge in [0.15, 0.2) is 0 Å². The Morgan fingerprint density at radius 3 is 1.90 bits per heavy atom. The van der Waals surface area contributed by atoms with Crippen molar-refractivity contribution in [2.24, 2.45) is 5.84 Å². The van der Waals surface area contributed by atoms with E-state index < -0.39 is 0 Å². The molecule has 1 aromatic rings. The van der Waals surface area contributed by atoms with E-state index in [1.54, 1.807) is 18.2 Å². The molecular formula is C6H10N4. The molecule has 0 unspecified atom stereocenters. The minimum atomic E-state index is 0.605. The van der Waals surface area contributed by atoms with Crippen LogP contribution in [-0.2, 0) is 0 Å². The maximum absolute atomic E-state index is 5.46. The fourth-order valence-electron chi connectivity index (χ4n) is 0.760. The molecule has 0 bridgehead atoms. The summed E-state index contributed by atoms with van der Waals surface area (Å²) in [5, 5.41) is 0. The summed E-state index contributed by atoms with van der Waals surface area (Å²) in [6.07, 6.45) is 0. The summed E-state index contributed by atoms with van der Waals surface area (Å²) in [5.74, 6) is 5.13. The van der Waals surface area contributed by atoms with E-state index in [4.69, 9.17) is 17.3 Å². The Morgan fingerprint density at radius 1 is 1.00 bits per heavy atom. The maximum atomic E-state index is 5.46. The number of anilines is 3. The lowest BCUT2D eigenvalue weighted by Gasteiger charge is -2.01. The average Bonchev–Trinajstić information content (AvgIpc) is 1.85. The first-order valence-electron chi connectivity index (χ1n) is 2.85. The molecule has 4 heteroatoms. The van der Waals surface area contributed by atoms with Gasteiger partial charge in [-0.05, 0) is 18.2 Å². The van der Waals surface area contributed by atoms with Crippen LogP contribution in [0.1, 0.15) is 0 Å². The highest BCUT2D eigenvalue weighted by atomic mass is 15.2. The molecule has 0 fully saturated rings. The van der Waals surface area contributed by atoms with Crippen LogP contribution >= 0.6 is 0 Å². The van der Waals surface area contributed by atoms with Gasteiger partial charge in [-0.3, -0.25) is 5.84 Å². The minimum absolute atomic E-state index is 0.605. The molecule has 10 heavy (non-hydrogen) atoms. The van der Waals surface area contributed by atoms with Gasteiger partial charge in [0, 0.05) is 11.4 Å². The molecule has 0 spiro atoms. The molecule has 7 N–H and O–H groups in total. The number of hydrazine groups is 1. The van der Waals surface area contributed by atoms with E-state index in [1.807, 2.05) is 0 Å². The summed E-state index contributed by atoms with van der Waals surface area (Å²) in [6.45, 7) is 0. The van der Waals surface area contributed by atoms with Gasteiger partial charge in [-0.2, -0.15) is 0 Å². The molecule has 0 radical (unpaired) electrons. The number of benzene rings is 1. The van der Waals surface area contributed by atoms with Gasteiger partial charge in [0.1, 0.15) is 0 Å². The largest absolute Gasteiger partial charge is 0.399 e. The summed E-state index contributed by atoms with van der Waals surface area (Å²) < 4.78 is 0. The highest BCUT2D eigenvalue weighted by Gasteiger charge is 1.91. The summed E-state index contributed by atoms with van der Waals surface area (Å²) in [6, 6.07) is 5.08. The Hall–Kier alpha value is -1.42. The molecule has 0 saturated heterocycles. The monoisotopic (exact) mass is 138 g/mol. The first-order valence-corrected chi connectivity index (χ1v) is 2.85. The van der Waals surface area contributed by atoms with Crippen molar-refractivity contribution in [2.75, 3.05) is 16.9 Å². The maximum Gasteiger partial charge on any atom is 0.0526 e. The van der Waals surface area contributed by atoms with Crippen molar-refractivity contribution in [2.45, 2.75) is 0 Å². The Labute approximate surface area is 59.0 Å². The molecule has 0 aliphatic heterocycles. The highest BCUT2D eigenvalue weighted by molar-refractivity contribution is 5.63. The van der Waals surface area contributed by atoms with E-state index in [9.17, 15) is 0 Å². The Kier molecular flexibility index (Phi) is 1.64. The smallest absolute Gasteiger partial charge is 0.0526 e. The molecule has 0 aliphatic carbocycles. The second-order valence-electron chi connectivity index (χ2n) is 2.03. The van der Waals surface area contributed by atoms with Crippen LogP contribution in [0, 0.1) is 0 Å². The van der Waals surface area contributed by atoms with E-state index >= 15 is 0 Å². The second-order valence-corrected chi connectivity index (χ2v) is 2.03. The van der Waals surface area contributed by atoms with E-state index in [1.165, 1.54) is 0 Å². The molecule has 4 nitrogen and oxygen atoms in total. The summed E-state index contributed by atoms with van der Waals surface area (Å²) >= 11 is 0. The summed E-state index contributed by atoms with van der Waals surface area (Å²) in [4.78, 5) is 0. The van der Waals surface area contributed by atoms with Crippen molar-refractivity contribution < 1.29 is 0 Å². The van der Waals surface area contributed by atoms with Crippen LogP contribution in [0.15, 0.2) is 18.2 Å². The van der Waals surface area contributed by atoms with Gasteiger partial charge in [0.25, 0.3) is 0 Å². The zero-order valence-electron chi connectivity index (χ0n) is 5.46. The number of nitrogens with one attached hydrogen (secondary N) is 1. The van der Waals surface area contributed by atoms with Crippen LogP contribution in [-0.4, -0.2) is 0 Å². The number of rotatable bonds is 1. The van der Waals surface area contributed by atoms with Crippen molar-refractivity contribution in [3.63, 3.8) is 0 Å². The number of nitrogen functional groups attached to an aromatic ring is 3. The lowest BCUT2D eigenvalue weighted by Crippen LogP contribution is -2.07. The van der Waals surface area contributed by atoms with Crippen molar-refractivity contribution in [3.05, 3.63) is 18.2 Å². The molecule has 0 aromatic heterocycles. The first-order chi connectivity index (χ1) is 4.72. The fourth-order valence-corrected chi connectivity index (χ4v) is 0.760. The Balaban J connectivity index is 3.06. The Morgan fingerprint density at radius 2 is 1.50 bits per heavy atom. The summed E-state index contributed by atoms with van der Waals surface area (Å²) in [7, 11) is 0. The molecular weight excluding hydrogens is 128 g/mol. The molecule has 0 amide bonds. The molecule has 1 aromatic carbocycles. The van der Waals surface area contributed by atoms with Crippen molar-refractivity contribution in [3.8, 4) is 0 Å². The lowest BCUT2D eigenvalue weighted by molar-refractivity contribution is 1.35. The topological polar surface area (TPSA) is 90.1 Å². The van der Waals surface area contributed by atoms with Gasteiger partial charge in [-0.15, -0.1) is 0 Å². The van der Waals surface area contributed by atoms with Crippen molar-refractivity contribution in [1.29, 1.82) is 0 Å². The predicted octanol–water partition coefficient (Wildman–Crippen LogP) is 0.137. The van der Waals surface area contributed by atoms with Gasteiger partial charge >= 0.3 is 0 Å². The quantitative estimate of drug-likeness (QED) is 0.252. The highest BCUT2D eigenvalue weighted by Crippen LogP contribution is 2.16. The number of hydrogen-bond acceptors (Lipinski definition) is 4. The molecule has 0 atom stereocenters. The third-order valence-electron chi connectivity index (χ3n) is 1.14. The predicted molar refractivity (Wildman–Crippen MR) is 43.1 cm³/mol. The number of nitrogens with two attached hydrogens (primary N) is 3. The zero-order chi connectivity index (χ0) is 7.56. The minimum Gasteiger partial charge on any atom is -0.399 e. The van der Waals surface area contributed by atoms with Crippen molar-refractivity contribution in [1.82, 2.24) is 0 Å². The summed E-state index contributed by atoms with van der Waals surface area (Å²) in [5.41, 5.74) is 15.3. The molecule has 54 valence electrons. The SMILES string of the molecule is NNc1cc(N)cc(N)c1. The van der Waals surface area contributed by atoms with Crippen LogP contribution in [0.3, 0.4) is 0 Å². The normalized spacial score (nSPS) is 9.30. The van der Waals surface area contributed by atoms with Crippen LogP contribution < -0.4 is 22.7 Å². The molecule has 1 rings (SSSR count). The Bertz CT molecular complexity index is 213. The van der Waals surface area contributed by atoms with Crippen LogP contribution in [0.4, 0.5) is 17.1 Å². The second kappa shape index (κ2) is 2.45.